The van der Waals surface area contributed by atoms with Gasteiger partial charge in [-0.25, -0.2) is 4.68 Å². The second-order valence-corrected chi connectivity index (χ2v) is 8.67. The van der Waals surface area contributed by atoms with E-state index in [-0.39, 0.29) is 0 Å². The average molecular weight is 411 g/mol. The van der Waals surface area contributed by atoms with Gasteiger partial charge in [0, 0.05) is 30.0 Å². The standard InChI is InChI=1S/C21H23ClN6O/c1-14-5-15(3-4-27(14)21(11-23)12-29-13-21)18-7-20-16(6-19(18)22)8-25-28(20)17-9-24-26(2)10-17/h6-10,14-15H,3-5,12-13H2,1-2H3/t14-,15+/m0/s1. The molecule has 7 nitrogen and oxygen atoms in total. The molecule has 2 saturated heterocycles. The van der Waals surface area contributed by atoms with E-state index >= 15 is 0 Å². The van der Waals surface area contributed by atoms with Crippen LogP contribution in [-0.4, -0.2) is 55.8 Å². The highest BCUT2D eigenvalue weighted by atomic mass is 35.5. The van der Waals surface area contributed by atoms with Gasteiger partial charge in [-0.2, -0.15) is 15.5 Å². The van der Waals surface area contributed by atoms with Crippen molar-refractivity contribution < 1.29 is 4.74 Å². The van der Waals surface area contributed by atoms with E-state index in [4.69, 9.17) is 16.3 Å². The highest BCUT2D eigenvalue weighted by Crippen LogP contribution is 2.40. The number of fused-ring (bicyclic) bond motifs is 1. The molecule has 0 bridgehead atoms. The van der Waals surface area contributed by atoms with Gasteiger partial charge in [-0.1, -0.05) is 11.6 Å². The zero-order valence-electron chi connectivity index (χ0n) is 16.5. The zero-order valence-corrected chi connectivity index (χ0v) is 17.3. The molecule has 2 aliphatic heterocycles. The van der Waals surface area contributed by atoms with Crippen molar-refractivity contribution >= 4 is 22.5 Å². The van der Waals surface area contributed by atoms with Crippen LogP contribution in [0, 0.1) is 11.3 Å². The Bertz CT molecular complexity index is 1110. The van der Waals surface area contributed by atoms with Crippen molar-refractivity contribution in [3.63, 3.8) is 0 Å². The van der Waals surface area contributed by atoms with E-state index in [0.717, 1.165) is 46.6 Å². The van der Waals surface area contributed by atoms with Crippen molar-refractivity contribution in [3.8, 4) is 11.8 Å². The van der Waals surface area contributed by atoms with Crippen LogP contribution in [0.2, 0.25) is 5.02 Å². The van der Waals surface area contributed by atoms with E-state index < -0.39 is 5.54 Å². The summed E-state index contributed by atoms with van der Waals surface area (Å²) in [7, 11) is 1.90. The van der Waals surface area contributed by atoms with Crippen molar-refractivity contribution in [2.75, 3.05) is 19.8 Å². The molecule has 2 fully saturated rings. The maximum atomic E-state index is 9.66. The summed E-state index contributed by atoms with van der Waals surface area (Å²) in [6, 6.07) is 6.97. The topological polar surface area (TPSA) is 71.9 Å². The molecule has 8 heteroatoms. The summed E-state index contributed by atoms with van der Waals surface area (Å²) in [6.07, 6.45) is 7.54. The first-order valence-electron chi connectivity index (χ1n) is 9.93. The predicted molar refractivity (Wildman–Crippen MR) is 110 cm³/mol. The first-order valence-corrected chi connectivity index (χ1v) is 10.3. The Hall–Kier alpha value is -2.40. The van der Waals surface area contributed by atoms with Crippen molar-refractivity contribution in [1.82, 2.24) is 24.5 Å². The number of halogens is 1. The number of hydrogen-bond donors (Lipinski definition) is 0. The first-order chi connectivity index (χ1) is 14.0. The minimum absolute atomic E-state index is 0.298. The second-order valence-electron chi connectivity index (χ2n) is 8.26. The summed E-state index contributed by atoms with van der Waals surface area (Å²) in [4.78, 5) is 2.32. The van der Waals surface area contributed by atoms with E-state index in [0.29, 0.717) is 25.2 Å². The molecular weight excluding hydrogens is 388 g/mol. The molecule has 29 heavy (non-hydrogen) atoms. The van der Waals surface area contributed by atoms with Crippen LogP contribution in [0.15, 0.2) is 30.7 Å². The number of aromatic nitrogens is 4. The summed E-state index contributed by atoms with van der Waals surface area (Å²) in [5.74, 6) is 0.354. The van der Waals surface area contributed by atoms with Crippen LogP contribution < -0.4 is 0 Å². The number of aryl methyl sites for hydroxylation is 1. The summed E-state index contributed by atoms with van der Waals surface area (Å²) >= 11 is 6.70. The van der Waals surface area contributed by atoms with E-state index in [2.05, 4.69) is 34.2 Å². The Morgan fingerprint density at radius 2 is 2.10 bits per heavy atom. The molecule has 0 amide bonds. The number of likely N-dealkylation sites (tertiary alicyclic amines) is 1. The number of benzene rings is 1. The molecule has 0 spiro atoms. The van der Waals surface area contributed by atoms with Gasteiger partial charge in [-0.05, 0) is 43.4 Å². The number of piperidine rings is 1. The van der Waals surface area contributed by atoms with Gasteiger partial charge >= 0.3 is 0 Å². The van der Waals surface area contributed by atoms with Gasteiger partial charge < -0.3 is 4.74 Å². The maximum absolute atomic E-state index is 9.66. The Morgan fingerprint density at radius 3 is 2.72 bits per heavy atom. The third-order valence-electron chi connectivity index (χ3n) is 6.38. The quantitative estimate of drug-likeness (QED) is 0.662. The first kappa shape index (κ1) is 18.6. The molecule has 1 aromatic carbocycles. The van der Waals surface area contributed by atoms with Crippen LogP contribution in [0.4, 0.5) is 0 Å². The van der Waals surface area contributed by atoms with E-state index in [9.17, 15) is 5.26 Å². The van der Waals surface area contributed by atoms with E-state index in [1.54, 1.807) is 4.68 Å². The lowest BCUT2D eigenvalue weighted by atomic mass is 9.82. The highest BCUT2D eigenvalue weighted by Gasteiger charge is 2.48. The SMILES string of the molecule is C[C@H]1C[C@H](c2cc3c(cnn3-c3cnn(C)c3)cc2Cl)CCN1C1(C#N)COC1. The normalized spacial score (nSPS) is 24.3. The monoisotopic (exact) mass is 410 g/mol. The molecule has 0 aliphatic carbocycles. The van der Waals surface area contributed by atoms with Crippen LogP contribution in [0.25, 0.3) is 16.6 Å². The molecular formula is C21H23ClN6O. The highest BCUT2D eigenvalue weighted by molar-refractivity contribution is 6.32. The molecule has 150 valence electrons. The third-order valence-corrected chi connectivity index (χ3v) is 6.71. The number of nitrogens with zero attached hydrogens (tertiary/aromatic N) is 6. The number of hydrogen-bond acceptors (Lipinski definition) is 5. The minimum atomic E-state index is -0.447. The molecule has 0 unspecified atom stereocenters. The number of ether oxygens (including phenoxy) is 1. The van der Waals surface area contributed by atoms with Crippen molar-refractivity contribution in [2.24, 2.45) is 7.05 Å². The largest absolute Gasteiger partial charge is 0.375 e. The molecule has 2 aliphatic rings. The lowest BCUT2D eigenvalue weighted by molar-refractivity contribution is -0.128. The van der Waals surface area contributed by atoms with Gasteiger partial charge in [0.25, 0.3) is 0 Å². The van der Waals surface area contributed by atoms with Crippen LogP contribution in [-0.2, 0) is 11.8 Å². The van der Waals surface area contributed by atoms with Crippen LogP contribution in [0.1, 0.15) is 31.2 Å². The fourth-order valence-corrected chi connectivity index (χ4v) is 5.11. The molecule has 4 heterocycles. The Kier molecular flexibility index (Phi) is 4.39. The van der Waals surface area contributed by atoms with Gasteiger partial charge in [0.2, 0.25) is 0 Å². The van der Waals surface area contributed by atoms with Crippen LogP contribution in [0.3, 0.4) is 0 Å². The second kappa shape index (κ2) is 6.84. The smallest absolute Gasteiger partial charge is 0.156 e. The minimum Gasteiger partial charge on any atom is -0.375 e. The zero-order chi connectivity index (χ0) is 20.2. The molecule has 0 saturated carbocycles. The van der Waals surface area contributed by atoms with Gasteiger partial charge in [-0.15, -0.1) is 0 Å². The van der Waals surface area contributed by atoms with Crippen LogP contribution >= 0.6 is 11.6 Å². The molecule has 2 aromatic heterocycles. The summed E-state index contributed by atoms with van der Waals surface area (Å²) in [5.41, 5.74) is 2.68. The Labute approximate surface area is 174 Å². The Morgan fingerprint density at radius 1 is 1.28 bits per heavy atom. The van der Waals surface area contributed by atoms with Crippen molar-refractivity contribution in [3.05, 3.63) is 41.3 Å². The van der Waals surface area contributed by atoms with E-state index in [1.807, 2.05) is 36.4 Å². The van der Waals surface area contributed by atoms with Gasteiger partial charge in [-0.3, -0.25) is 9.58 Å². The fraction of sp³-hybridized carbons (Fsp3) is 0.476. The molecule has 2 atom stereocenters. The molecule has 0 radical (unpaired) electrons. The van der Waals surface area contributed by atoms with Gasteiger partial charge in [0.15, 0.2) is 5.54 Å². The lowest BCUT2D eigenvalue weighted by Gasteiger charge is -2.50. The van der Waals surface area contributed by atoms with Crippen molar-refractivity contribution in [2.45, 2.75) is 37.3 Å². The number of rotatable bonds is 3. The van der Waals surface area contributed by atoms with Crippen molar-refractivity contribution in [1.29, 1.82) is 5.26 Å². The molecule has 0 N–H and O–H groups in total. The molecule has 5 rings (SSSR count). The maximum Gasteiger partial charge on any atom is 0.156 e. The summed E-state index contributed by atoms with van der Waals surface area (Å²) in [6.45, 7) is 4.10. The average Bonchev–Trinajstić information content (AvgIpc) is 3.27. The summed E-state index contributed by atoms with van der Waals surface area (Å²) < 4.78 is 9.04. The fourth-order valence-electron chi connectivity index (χ4n) is 4.78. The Balaban J connectivity index is 1.46. The van der Waals surface area contributed by atoms with Crippen LogP contribution in [0.5, 0.6) is 0 Å². The van der Waals surface area contributed by atoms with Gasteiger partial charge in [0.05, 0.1) is 43.4 Å². The predicted octanol–water partition coefficient (Wildman–Crippen LogP) is 3.27. The summed E-state index contributed by atoms with van der Waals surface area (Å²) in [5, 5.41) is 20.3. The van der Waals surface area contributed by atoms with Gasteiger partial charge in [0.1, 0.15) is 5.69 Å². The molecule has 3 aromatic rings. The lowest BCUT2D eigenvalue weighted by Crippen LogP contribution is -2.65. The third kappa shape index (κ3) is 2.94. The number of nitriles is 1. The van der Waals surface area contributed by atoms with E-state index in [1.165, 1.54) is 0 Å².